The molecule has 0 saturated heterocycles. The number of ether oxygens (including phenoxy) is 1. The fourth-order valence-electron chi connectivity index (χ4n) is 1.00. The van der Waals surface area contributed by atoms with Gasteiger partial charge in [0, 0.05) is 5.56 Å². The van der Waals surface area contributed by atoms with Crippen molar-refractivity contribution >= 4 is 15.9 Å². The summed E-state index contributed by atoms with van der Waals surface area (Å²) in [6.07, 6.45) is 0. The lowest BCUT2D eigenvalue weighted by Crippen LogP contribution is -2.05. The van der Waals surface area contributed by atoms with Crippen molar-refractivity contribution in [3.05, 3.63) is 29.8 Å². The first-order valence-electron chi connectivity index (χ1n) is 4.69. The van der Waals surface area contributed by atoms with Crippen LogP contribution in [0.2, 0.25) is 0 Å². The fourth-order valence-corrected chi connectivity index (χ4v) is 1.27. The second-order valence-electron chi connectivity index (χ2n) is 3.73. The minimum absolute atomic E-state index is 0.0700. The van der Waals surface area contributed by atoms with Crippen molar-refractivity contribution in [2.24, 2.45) is 5.92 Å². The highest BCUT2D eigenvalue weighted by atomic mass is 79.9. The highest BCUT2D eigenvalue weighted by Gasteiger charge is 2.26. The minimum Gasteiger partial charge on any atom is -0.493 e. The van der Waals surface area contributed by atoms with Gasteiger partial charge in [-0.05, 0) is 46.1 Å². The first-order chi connectivity index (χ1) is 6.89. The van der Waals surface area contributed by atoms with E-state index >= 15 is 0 Å². The maximum Gasteiger partial charge on any atom is 0.326 e. The van der Waals surface area contributed by atoms with Crippen molar-refractivity contribution < 1.29 is 13.5 Å². The Morgan fingerprint density at radius 2 is 1.80 bits per heavy atom. The van der Waals surface area contributed by atoms with Gasteiger partial charge in [-0.1, -0.05) is 13.8 Å². The van der Waals surface area contributed by atoms with E-state index in [4.69, 9.17) is 4.74 Å². The molecule has 0 aliphatic rings. The summed E-state index contributed by atoms with van der Waals surface area (Å²) in [5, 5.41) is 0. The van der Waals surface area contributed by atoms with E-state index in [1.807, 2.05) is 13.8 Å². The monoisotopic (exact) mass is 278 g/mol. The summed E-state index contributed by atoms with van der Waals surface area (Å²) in [6, 6.07) is 5.80. The lowest BCUT2D eigenvalue weighted by atomic mass is 10.2. The Balaban J connectivity index is 2.65. The average Bonchev–Trinajstić information content (AvgIpc) is 2.14. The molecule has 1 aromatic rings. The number of hydrogen-bond donors (Lipinski definition) is 0. The first-order valence-corrected chi connectivity index (χ1v) is 5.49. The van der Waals surface area contributed by atoms with Crippen molar-refractivity contribution in [1.29, 1.82) is 0 Å². The normalized spacial score (nSPS) is 11.9. The number of hydrogen-bond acceptors (Lipinski definition) is 1. The number of halogens is 3. The van der Waals surface area contributed by atoms with E-state index in [9.17, 15) is 8.78 Å². The van der Waals surface area contributed by atoms with E-state index < -0.39 is 4.83 Å². The van der Waals surface area contributed by atoms with Crippen molar-refractivity contribution in [2.75, 3.05) is 6.61 Å². The second kappa shape index (κ2) is 4.92. The third-order valence-electron chi connectivity index (χ3n) is 1.76. The molecule has 84 valence electrons. The van der Waals surface area contributed by atoms with Crippen molar-refractivity contribution in [2.45, 2.75) is 18.7 Å². The molecule has 1 nitrogen and oxygen atoms in total. The molecule has 0 amide bonds. The lowest BCUT2D eigenvalue weighted by Gasteiger charge is -2.11. The molecule has 0 radical (unpaired) electrons. The molecule has 0 N–H and O–H groups in total. The highest BCUT2D eigenvalue weighted by molar-refractivity contribution is 9.09. The minimum atomic E-state index is -2.97. The van der Waals surface area contributed by atoms with Gasteiger partial charge in [0.1, 0.15) is 5.75 Å². The van der Waals surface area contributed by atoms with Crippen molar-refractivity contribution in [3.63, 3.8) is 0 Å². The number of rotatable bonds is 4. The third-order valence-corrected chi connectivity index (χ3v) is 2.22. The van der Waals surface area contributed by atoms with Gasteiger partial charge >= 0.3 is 4.83 Å². The smallest absolute Gasteiger partial charge is 0.326 e. The molecule has 0 aliphatic heterocycles. The van der Waals surface area contributed by atoms with Gasteiger partial charge in [0.25, 0.3) is 0 Å². The molecule has 0 saturated carbocycles. The molecule has 0 heterocycles. The highest BCUT2D eigenvalue weighted by Crippen LogP contribution is 2.35. The van der Waals surface area contributed by atoms with E-state index in [1.54, 1.807) is 12.1 Å². The molecule has 0 atom stereocenters. The van der Waals surface area contributed by atoms with E-state index in [0.29, 0.717) is 18.3 Å². The van der Waals surface area contributed by atoms with Crippen LogP contribution in [0.5, 0.6) is 5.75 Å². The molecule has 0 bridgehead atoms. The van der Waals surface area contributed by atoms with E-state index in [0.717, 1.165) is 0 Å². The molecule has 0 unspecified atom stereocenters. The van der Waals surface area contributed by atoms with Gasteiger partial charge in [-0.15, -0.1) is 0 Å². The van der Waals surface area contributed by atoms with Gasteiger partial charge in [0.2, 0.25) is 0 Å². The van der Waals surface area contributed by atoms with Crippen LogP contribution in [0, 0.1) is 5.92 Å². The molecule has 1 aromatic carbocycles. The Hall–Kier alpha value is -0.640. The molecule has 0 aromatic heterocycles. The number of alkyl halides is 3. The van der Waals surface area contributed by atoms with Crippen LogP contribution < -0.4 is 4.74 Å². The zero-order chi connectivity index (χ0) is 11.5. The van der Waals surface area contributed by atoms with E-state index in [-0.39, 0.29) is 5.56 Å². The summed E-state index contributed by atoms with van der Waals surface area (Å²) < 4.78 is 30.9. The summed E-state index contributed by atoms with van der Waals surface area (Å²) in [4.78, 5) is -2.97. The van der Waals surface area contributed by atoms with Crippen LogP contribution in [0.15, 0.2) is 24.3 Å². The lowest BCUT2D eigenvalue weighted by molar-refractivity contribution is 0.114. The molecule has 0 spiro atoms. The van der Waals surface area contributed by atoms with Crippen LogP contribution in [0.25, 0.3) is 0 Å². The maximum absolute atomic E-state index is 12.8. The Morgan fingerprint density at radius 3 is 2.20 bits per heavy atom. The Labute approximate surface area is 96.6 Å². The average molecular weight is 279 g/mol. The first kappa shape index (κ1) is 12.4. The van der Waals surface area contributed by atoms with Crippen molar-refractivity contribution in [3.8, 4) is 5.75 Å². The predicted molar refractivity (Wildman–Crippen MR) is 59.6 cm³/mol. The van der Waals surface area contributed by atoms with Gasteiger partial charge in [-0.25, -0.2) is 0 Å². The molecular weight excluding hydrogens is 266 g/mol. The zero-order valence-corrected chi connectivity index (χ0v) is 10.2. The van der Waals surface area contributed by atoms with Crippen molar-refractivity contribution in [1.82, 2.24) is 0 Å². The number of benzene rings is 1. The van der Waals surface area contributed by atoms with Gasteiger partial charge in [0.05, 0.1) is 6.61 Å². The quantitative estimate of drug-likeness (QED) is 0.752. The molecule has 0 aliphatic carbocycles. The summed E-state index contributed by atoms with van der Waals surface area (Å²) in [7, 11) is 0. The predicted octanol–water partition coefficient (Wildman–Crippen LogP) is 4.17. The summed E-state index contributed by atoms with van der Waals surface area (Å²) in [5.41, 5.74) is -0.0700. The molecule has 15 heavy (non-hydrogen) atoms. The fraction of sp³-hybridized carbons (Fsp3) is 0.455. The van der Waals surface area contributed by atoms with Gasteiger partial charge < -0.3 is 4.74 Å². The summed E-state index contributed by atoms with van der Waals surface area (Å²) >= 11 is 2.30. The topological polar surface area (TPSA) is 9.23 Å². The van der Waals surface area contributed by atoms with E-state index in [2.05, 4.69) is 15.9 Å². The van der Waals surface area contributed by atoms with Crippen LogP contribution in [0.4, 0.5) is 8.78 Å². The molecule has 4 heteroatoms. The van der Waals surface area contributed by atoms with Crippen LogP contribution in [-0.2, 0) is 4.83 Å². The van der Waals surface area contributed by atoms with Crippen LogP contribution in [-0.4, -0.2) is 6.61 Å². The second-order valence-corrected chi connectivity index (χ2v) is 4.72. The van der Waals surface area contributed by atoms with Crippen LogP contribution in [0.1, 0.15) is 19.4 Å². The van der Waals surface area contributed by atoms with Gasteiger partial charge in [0.15, 0.2) is 0 Å². The van der Waals surface area contributed by atoms with Crippen LogP contribution >= 0.6 is 15.9 Å². The maximum atomic E-state index is 12.8. The van der Waals surface area contributed by atoms with Crippen LogP contribution in [0.3, 0.4) is 0 Å². The molecular formula is C11H13BrF2O. The van der Waals surface area contributed by atoms with Gasteiger partial charge in [-0.3, -0.25) is 0 Å². The standard InChI is InChI=1S/C11H13BrF2O/c1-8(2)7-15-10-5-3-9(4-6-10)11(12,13)14/h3-6,8H,7H2,1-2H3. The summed E-state index contributed by atoms with van der Waals surface area (Å²) in [5.74, 6) is 1.03. The Bertz CT molecular complexity index is 303. The molecule has 0 fully saturated rings. The van der Waals surface area contributed by atoms with Gasteiger partial charge in [-0.2, -0.15) is 8.78 Å². The third kappa shape index (κ3) is 4.16. The summed E-state index contributed by atoms with van der Waals surface area (Å²) in [6.45, 7) is 4.64. The Kier molecular flexibility index (Phi) is 4.08. The SMILES string of the molecule is CC(C)COc1ccc(C(F)(F)Br)cc1. The Morgan fingerprint density at radius 1 is 1.27 bits per heavy atom. The zero-order valence-electron chi connectivity index (χ0n) is 8.64. The molecule has 1 rings (SSSR count). The van der Waals surface area contributed by atoms with E-state index in [1.165, 1.54) is 12.1 Å². The largest absolute Gasteiger partial charge is 0.493 e.